The average molecular weight is 201 g/mol. The number of hydrazone groups is 1. The summed E-state index contributed by atoms with van der Waals surface area (Å²) in [5.74, 6) is -1.77. The number of hydrogen-bond acceptors (Lipinski definition) is 4. The number of rotatable bonds is 3. The lowest BCUT2D eigenvalue weighted by Gasteiger charge is -2.01. The Morgan fingerprint density at radius 2 is 2.36 bits per heavy atom. The first-order chi connectivity index (χ1) is 6.63. The predicted molar refractivity (Wildman–Crippen MR) is 48.0 cm³/mol. The molecule has 14 heavy (non-hydrogen) atoms. The van der Waals surface area contributed by atoms with Crippen LogP contribution in [0.3, 0.4) is 0 Å². The van der Waals surface area contributed by atoms with E-state index in [1.807, 2.05) is 0 Å². The molecule has 1 aromatic heterocycles. The monoisotopic (exact) mass is 201 g/mol. The van der Waals surface area contributed by atoms with Crippen LogP contribution >= 0.6 is 0 Å². The zero-order chi connectivity index (χ0) is 10.6. The van der Waals surface area contributed by atoms with Gasteiger partial charge in [-0.2, -0.15) is 5.10 Å². The number of nitrogens with zero attached hydrogens (tertiary/aromatic N) is 2. The molecule has 1 heterocycles. The van der Waals surface area contributed by atoms with Crippen molar-refractivity contribution in [2.75, 3.05) is 12.0 Å². The highest BCUT2D eigenvalue weighted by molar-refractivity contribution is 5.83. The summed E-state index contributed by atoms with van der Waals surface area (Å²) in [6.07, 6.45) is 0.870. The van der Waals surface area contributed by atoms with Gasteiger partial charge in [0, 0.05) is 6.07 Å². The predicted octanol–water partition coefficient (Wildman–Crippen LogP) is 1.14. The number of pyridine rings is 1. The van der Waals surface area contributed by atoms with E-state index in [0.717, 1.165) is 6.20 Å². The summed E-state index contributed by atoms with van der Waals surface area (Å²) in [5, 5.41) is 12.2. The normalized spacial score (nSPS) is 11.6. The zero-order valence-corrected chi connectivity index (χ0v) is 7.46. The van der Waals surface area contributed by atoms with Crippen molar-refractivity contribution in [2.45, 2.75) is 6.92 Å². The van der Waals surface area contributed by atoms with Crippen LogP contribution in [0.2, 0.25) is 0 Å². The minimum atomic E-state index is -0.834. The van der Waals surface area contributed by atoms with Crippen LogP contribution in [0.1, 0.15) is 6.92 Å². The van der Waals surface area contributed by atoms with Gasteiger partial charge in [0.2, 0.25) is 0 Å². The number of anilines is 1. The maximum absolute atomic E-state index is 12.9. The van der Waals surface area contributed by atoms with Crippen molar-refractivity contribution in [1.82, 2.24) is 4.98 Å². The molecule has 0 aliphatic rings. The Bertz CT molecular complexity index is 354. The molecule has 0 saturated carbocycles. The third-order valence-electron chi connectivity index (χ3n) is 1.39. The molecule has 0 radical (unpaired) electrons. The molecule has 0 atom stereocenters. The number of halogens is 2. The van der Waals surface area contributed by atoms with Crippen LogP contribution in [-0.4, -0.2) is 22.4 Å². The van der Waals surface area contributed by atoms with Gasteiger partial charge < -0.3 is 5.11 Å². The highest BCUT2D eigenvalue weighted by Gasteiger charge is 2.03. The lowest BCUT2D eigenvalue weighted by molar-refractivity contribution is 0.356. The molecule has 4 nitrogen and oxygen atoms in total. The largest absolute Gasteiger partial charge is 0.390 e. The maximum atomic E-state index is 12.9. The number of hydrogen-bond donors (Lipinski definition) is 2. The lowest BCUT2D eigenvalue weighted by atomic mass is 10.4. The van der Waals surface area contributed by atoms with E-state index in [-0.39, 0.29) is 12.4 Å². The van der Waals surface area contributed by atoms with Gasteiger partial charge in [-0.3, -0.25) is 5.43 Å². The maximum Gasteiger partial charge on any atom is 0.182 e. The third-order valence-corrected chi connectivity index (χ3v) is 1.39. The van der Waals surface area contributed by atoms with Crippen molar-refractivity contribution in [1.29, 1.82) is 0 Å². The molecule has 0 aromatic carbocycles. The molecule has 76 valence electrons. The van der Waals surface area contributed by atoms with Gasteiger partial charge in [-0.15, -0.1) is 0 Å². The van der Waals surface area contributed by atoms with Gasteiger partial charge >= 0.3 is 0 Å². The van der Waals surface area contributed by atoms with Gasteiger partial charge in [-0.1, -0.05) is 0 Å². The smallest absolute Gasteiger partial charge is 0.182 e. The molecule has 0 bridgehead atoms. The second-order valence-electron chi connectivity index (χ2n) is 2.60. The molecule has 1 aromatic rings. The molecular weight excluding hydrogens is 192 g/mol. The molecule has 0 aliphatic carbocycles. The standard InChI is InChI=1S/C8H9F2N3O/c1-5(4-14)12-13-8-7(10)2-6(9)3-11-8/h2-3,14H,4H2,1H3,(H,11,13). The fourth-order valence-electron chi connectivity index (χ4n) is 0.681. The topological polar surface area (TPSA) is 57.5 Å². The Balaban J connectivity index is 2.77. The third kappa shape index (κ3) is 2.74. The molecule has 0 amide bonds. The number of aliphatic hydroxyl groups is 1. The second-order valence-corrected chi connectivity index (χ2v) is 2.60. The quantitative estimate of drug-likeness (QED) is 0.569. The summed E-state index contributed by atoms with van der Waals surface area (Å²) < 4.78 is 25.3. The summed E-state index contributed by atoms with van der Waals surface area (Å²) in [6.45, 7) is 1.31. The van der Waals surface area contributed by atoms with Crippen LogP contribution < -0.4 is 5.43 Å². The molecular formula is C8H9F2N3O. The van der Waals surface area contributed by atoms with Gasteiger partial charge in [0.15, 0.2) is 11.6 Å². The number of nitrogens with one attached hydrogen (secondary N) is 1. The first-order valence-corrected chi connectivity index (χ1v) is 3.84. The van der Waals surface area contributed by atoms with Crippen molar-refractivity contribution in [3.05, 3.63) is 23.9 Å². The van der Waals surface area contributed by atoms with Gasteiger partial charge in [-0.05, 0) is 6.92 Å². The molecule has 0 spiro atoms. The van der Waals surface area contributed by atoms with Crippen molar-refractivity contribution < 1.29 is 13.9 Å². The molecule has 1 rings (SSSR count). The summed E-state index contributed by atoms with van der Waals surface area (Å²) in [4.78, 5) is 3.43. The Morgan fingerprint density at radius 1 is 1.64 bits per heavy atom. The average Bonchev–Trinajstić information content (AvgIpc) is 2.16. The Morgan fingerprint density at radius 3 is 2.93 bits per heavy atom. The second kappa shape index (κ2) is 4.61. The Kier molecular flexibility index (Phi) is 3.47. The Hall–Kier alpha value is -1.56. The molecule has 0 fully saturated rings. The SMILES string of the molecule is CC(CO)=NNc1ncc(F)cc1F. The van der Waals surface area contributed by atoms with Gasteiger partial charge in [0.25, 0.3) is 0 Å². The van der Waals surface area contributed by atoms with Crippen molar-refractivity contribution in [2.24, 2.45) is 5.10 Å². The molecule has 0 aliphatic heterocycles. The first kappa shape index (κ1) is 10.5. The van der Waals surface area contributed by atoms with E-state index < -0.39 is 11.6 Å². The van der Waals surface area contributed by atoms with E-state index in [9.17, 15) is 8.78 Å². The summed E-state index contributed by atoms with van der Waals surface area (Å²) in [7, 11) is 0. The van der Waals surface area contributed by atoms with Crippen molar-refractivity contribution in [3.63, 3.8) is 0 Å². The highest BCUT2D eigenvalue weighted by atomic mass is 19.1. The van der Waals surface area contributed by atoms with Gasteiger partial charge in [0.1, 0.15) is 5.82 Å². The first-order valence-electron chi connectivity index (χ1n) is 3.84. The minimum absolute atomic E-state index is 0.181. The molecule has 0 saturated heterocycles. The highest BCUT2D eigenvalue weighted by Crippen LogP contribution is 2.10. The van der Waals surface area contributed by atoms with Crippen LogP contribution in [0.15, 0.2) is 17.4 Å². The van der Waals surface area contributed by atoms with E-state index in [2.05, 4.69) is 15.5 Å². The van der Waals surface area contributed by atoms with Gasteiger partial charge in [-0.25, -0.2) is 13.8 Å². The molecule has 2 N–H and O–H groups in total. The summed E-state index contributed by atoms with van der Waals surface area (Å²) >= 11 is 0. The van der Waals surface area contributed by atoms with E-state index in [1.165, 1.54) is 0 Å². The lowest BCUT2D eigenvalue weighted by Crippen LogP contribution is -2.04. The van der Waals surface area contributed by atoms with Gasteiger partial charge in [0.05, 0.1) is 18.5 Å². The Labute approximate surface area is 79.3 Å². The molecule has 6 heteroatoms. The van der Waals surface area contributed by atoms with E-state index in [0.29, 0.717) is 11.8 Å². The fraction of sp³-hybridized carbons (Fsp3) is 0.250. The van der Waals surface area contributed by atoms with E-state index in [4.69, 9.17) is 5.11 Å². The summed E-state index contributed by atoms with van der Waals surface area (Å²) in [5.41, 5.74) is 2.64. The van der Waals surface area contributed by atoms with Crippen LogP contribution in [0.4, 0.5) is 14.6 Å². The zero-order valence-electron chi connectivity index (χ0n) is 7.46. The number of aromatic nitrogens is 1. The van der Waals surface area contributed by atoms with E-state index in [1.54, 1.807) is 6.92 Å². The van der Waals surface area contributed by atoms with Crippen LogP contribution in [-0.2, 0) is 0 Å². The van der Waals surface area contributed by atoms with Crippen LogP contribution in [0.5, 0.6) is 0 Å². The molecule has 0 unspecified atom stereocenters. The van der Waals surface area contributed by atoms with Crippen LogP contribution in [0.25, 0.3) is 0 Å². The van der Waals surface area contributed by atoms with Crippen molar-refractivity contribution in [3.8, 4) is 0 Å². The fourth-order valence-corrected chi connectivity index (χ4v) is 0.681. The number of aliphatic hydroxyl groups excluding tert-OH is 1. The summed E-state index contributed by atoms with van der Waals surface area (Å²) in [6, 6.07) is 0.694. The van der Waals surface area contributed by atoms with Crippen LogP contribution in [0, 0.1) is 11.6 Å². The van der Waals surface area contributed by atoms with E-state index >= 15 is 0 Å². The van der Waals surface area contributed by atoms with Crippen molar-refractivity contribution >= 4 is 11.5 Å². The minimum Gasteiger partial charge on any atom is -0.390 e.